The number of hydrogen-bond donors (Lipinski definition) is 1. The second-order valence-electron chi connectivity index (χ2n) is 1.01. The number of nitrogens with one attached hydrogen (secondary N) is 1. The second kappa shape index (κ2) is 4.64. The van der Waals surface area contributed by atoms with Crippen LogP contribution in [0.1, 0.15) is 0 Å². The molecule has 0 unspecified atom stereocenters. The van der Waals surface area contributed by atoms with Gasteiger partial charge in [0, 0.05) is 6.08 Å². The zero-order valence-electron chi connectivity index (χ0n) is 3.73. The average Bonchev–Trinajstić information content (AvgIpc) is 1.72. The number of allylic oxidation sites excluding steroid dienone is 1. The normalized spacial score (nSPS) is 16.0. The summed E-state index contributed by atoms with van der Waals surface area (Å²) in [5.41, 5.74) is 0. The fourth-order valence-corrected chi connectivity index (χ4v) is 0.786. The molecule has 0 fully saturated rings. The Bertz CT molecular complexity index is 77.7. The van der Waals surface area contributed by atoms with Crippen LogP contribution in [-0.2, 0) is 0 Å². The number of thioether (sulfide) groups is 1. The molecule has 0 radical (unpaired) electrons. The van der Waals surface area contributed by atoms with E-state index in [1.54, 1.807) is 11.8 Å². The third-order valence-corrected chi connectivity index (χ3v) is 1.24. The Hall–Kier alpha value is 0.490. The fourth-order valence-electron chi connectivity index (χ4n) is 0.307. The van der Waals surface area contributed by atoms with E-state index in [0.29, 0.717) is 0 Å². The minimum atomic E-state index is 0. The maximum absolute atomic E-state index is 3.04. The lowest BCUT2D eigenvalue weighted by Crippen LogP contribution is -3.00. The van der Waals surface area contributed by atoms with Crippen molar-refractivity contribution >= 4 is 18.0 Å². The predicted octanol–water partition coefficient (Wildman–Crippen LogP) is -3.64. The molecule has 1 heterocycles. The van der Waals surface area contributed by atoms with Crippen molar-refractivity contribution in [3.63, 3.8) is 0 Å². The van der Waals surface area contributed by atoms with Crippen LogP contribution < -0.4 is 29.0 Å². The highest BCUT2D eigenvalue weighted by atomic mass is 127. The van der Waals surface area contributed by atoms with Gasteiger partial charge >= 0.3 is 0 Å². The van der Waals surface area contributed by atoms with Gasteiger partial charge in [0.1, 0.15) is 0 Å². The molecule has 7 heavy (non-hydrogen) atoms. The van der Waals surface area contributed by atoms with Crippen molar-refractivity contribution in [3.05, 3.63) is 11.5 Å². The molecule has 40 valence electrons. The Balaban J connectivity index is 0.000000360. The molecule has 0 aromatic rings. The van der Waals surface area contributed by atoms with Crippen molar-refractivity contribution in [2.45, 2.75) is 0 Å². The molecule has 0 atom stereocenters. The van der Waals surface area contributed by atoms with E-state index >= 15 is 0 Å². The van der Waals surface area contributed by atoms with E-state index < -0.39 is 0 Å². The van der Waals surface area contributed by atoms with Crippen molar-refractivity contribution in [1.29, 1.82) is 0 Å². The molecule has 1 aliphatic heterocycles. The maximum Gasteiger partial charge on any atom is 0.191 e. The van der Waals surface area contributed by atoms with E-state index in [-0.39, 0.29) is 24.0 Å². The average molecular weight is 227 g/mol. The zero-order chi connectivity index (χ0) is 4.24. The van der Waals surface area contributed by atoms with E-state index in [1.165, 1.54) is 0 Å². The second-order valence-corrected chi connectivity index (χ2v) is 1.90. The molecule has 1 N–H and O–H groups in total. The molecule has 0 bridgehead atoms. The lowest BCUT2D eigenvalue weighted by molar-refractivity contribution is -0.425. The largest absolute Gasteiger partial charge is 1.00 e. The molecule has 0 spiro atoms. The molecular formula is C4H6INS. The van der Waals surface area contributed by atoms with E-state index in [9.17, 15) is 0 Å². The highest BCUT2D eigenvalue weighted by Gasteiger charge is 1.84. The Morgan fingerprint density at radius 2 is 2.43 bits per heavy atom. The number of halogens is 1. The Labute approximate surface area is 64.3 Å². The van der Waals surface area contributed by atoms with Crippen LogP contribution in [0.4, 0.5) is 0 Å². The first-order valence-electron chi connectivity index (χ1n) is 1.83. The molecule has 0 saturated carbocycles. The molecule has 3 heteroatoms. The van der Waals surface area contributed by atoms with Crippen LogP contribution in [0, 0.1) is 0 Å². The van der Waals surface area contributed by atoms with Crippen LogP contribution >= 0.6 is 11.8 Å². The van der Waals surface area contributed by atoms with Crippen LogP contribution in [0.15, 0.2) is 11.5 Å². The summed E-state index contributed by atoms with van der Waals surface area (Å²) in [4.78, 5) is 3.04. The fraction of sp³-hybridized carbons (Fsp3) is 0.250. The van der Waals surface area contributed by atoms with Gasteiger partial charge in [0.05, 0.1) is 0 Å². The van der Waals surface area contributed by atoms with Gasteiger partial charge in [0.2, 0.25) is 0 Å². The summed E-state index contributed by atoms with van der Waals surface area (Å²) in [5, 5.41) is 2.07. The smallest absolute Gasteiger partial charge is 0.191 e. The summed E-state index contributed by atoms with van der Waals surface area (Å²) >= 11 is 1.77. The van der Waals surface area contributed by atoms with Gasteiger partial charge in [-0.15, -0.1) is 0 Å². The summed E-state index contributed by atoms with van der Waals surface area (Å²) in [6.45, 7) is 0. The molecule has 0 aromatic carbocycles. The molecule has 0 amide bonds. The summed E-state index contributed by atoms with van der Waals surface area (Å²) < 4.78 is 0. The summed E-state index contributed by atoms with van der Waals surface area (Å²) in [5.74, 6) is 1.02. The number of rotatable bonds is 0. The van der Waals surface area contributed by atoms with Gasteiger partial charge in [-0.3, -0.25) is 0 Å². The van der Waals surface area contributed by atoms with Gasteiger partial charge in [-0.2, -0.15) is 0 Å². The third kappa shape index (κ3) is 3.11. The van der Waals surface area contributed by atoms with Gasteiger partial charge in [-0.25, -0.2) is 4.99 Å². The Kier molecular flexibility index (Phi) is 4.97. The topological polar surface area (TPSA) is 14.0 Å². The van der Waals surface area contributed by atoms with Gasteiger partial charge in [-0.1, -0.05) is 11.8 Å². The lowest BCUT2D eigenvalue weighted by atomic mass is 10.7. The molecule has 1 aliphatic rings. The summed E-state index contributed by atoms with van der Waals surface area (Å²) in [7, 11) is 0. The minimum absolute atomic E-state index is 0. The maximum atomic E-state index is 3.04. The summed E-state index contributed by atoms with van der Waals surface area (Å²) in [6, 6.07) is 0. The van der Waals surface area contributed by atoms with Crippen molar-refractivity contribution in [2.75, 3.05) is 5.88 Å². The first kappa shape index (κ1) is 7.49. The third-order valence-electron chi connectivity index (χ3n) is 0.556. The van der Waals surface area contributed by atoms with Crippen LogP contribution in [0.2, 0.25) is 0 Å². The minimum Gasteiger partial charge on any atom is -1.00 e. The molecule has 1 nitrogen and oxygen atoms in total. The number of hydrogen-bond acceptors (Lipinski definition) is 1. The van der Waals surface area contributed by atoms with Gasteiger partial charge < -0.3 is 24.0 Å². The molecule has 0 aliphatic carbocycles. The first-order valence-corrected chi connectivity index (χ1v) is 2.88. The molecular weight excluding hydrogens is 221 g/mol. The van der Waals surface area contributed by atoms with E-state index in [4.69, 9.17) is 0 Å². The van der Waals surface area contributed by atoms with Crippen LogP contribution in [0.3, 0.4) is 0 Å². The van der Waals surface area contributed by atoms with Gasteiger partial charge in [-0.05, 0) is 5.41 Å². The van der Waals surface area contributed by atoms with E-state index in [1.807, 2.05) is 12.3 Å². The van der Waals surface area contributed by atoms with Gasteiger partial charge in [0.15, 0.2) is 12.1 Å². The van der Waals surface area contributed by atoms with Gasteiger partial charge in [0.25, 0.3) is 0 Å². The zero-order valence-corrected chi connectivity index (χ0v) is 6.70. The summed E-state index contributed by atoms with van der Waals surface area (Å²) in [6.07, 6.45) is 3.94. The first-order chi connectivity index (χ1) is 3.00. The van der Waals surface area contributed by atoms with Crippen molar-refractivity contribution < 1.29 is 29.0 Å². The van der Waals surface area contributed by atoms with Crippen LogP contribution in [0.5, 0.6) is 0 Å². The Morgan fingerprint density at radius 3 is 2.57 bits per heavy atom. The SMILES string of the molecule is C1=CSC[NH+]=C1.[I-]. The highest BCUT2D eigenvalue weighted by Crippen LogP contribution is 1.94. The van der Waals surface area contributed by atoms with Crippen molar-refractivity contribution in [1.82, 2.24) is 0 Å². The van der Waals surface area contributed by atoms with E-state index in [0.717, 1.165) is 5.88 Å². The molecule has 0 aromatic heterocycles. The quantitative estimate of drug-likeness (QED) is 0.422. The van der Waals surface area contributed by atoms with Crippen molar-refractivity contribution in [3.8, 4) is 0 Å². The molecule has 0 saturated heterocycles. The standard InChI is InChI=1S/C4H5NS.HI/c1-2-5-4-6-3-1;/h1-3H,4H2;1H. The molecule has 1 rings (SSSR count). The van der Waals surface area contributed by atoms with Crippen LogP contribution in [-0.4, -0.2) is 12.1 Å². The van der Waals surface area contributed by atoms with Crippen molar-refractivity contribution in [2.24, 2.45) is 0 Å². The Morgan fingerprint density at radius 1 is 1.57 bits per heavy atom. The monoisotopic (exact) mass is 227 g/mol. The van der Waals surface area contributed by atoms with E-state index in [2.05, 4.69) is 10.4 Å². The predicted molar refractivity (Wildman–Crippen MR) is 28.6 cm³/mol. The van der Waals surface area contributed by atoms with Crippen LogP contribution in [0.25, 0.3) is 0 Å². The highest BCUT2D eigenvalue weighted by molar-refractivity contribution is 8.01. The lowest BCUT2D eigenvalue weighted by Gasteiger charge is -1.82.